The molecule has 0 aromatic rings. The lowest BCUT2D eigenvalue weighted by Gasteiger charge is -2.17. The van der Waals surface area contributed by atoms with E-state index in [-0.39, 0.29) is 11.8 Å². The summed E-state index contributed by atoms with van der Waals surface area (Å²) in [6.45, 7) is 5.21. The minimum Gasteiger partial charge on any atom is -0.299 e. The summed E-state index contributed by atoms with van der Waals surface area (Å²) in [6.07, 6.45) is -5.68. The maximum absolute atomic E-state index is 11.7. The van der Waals surface area contributed by atoms with Crippen LogP contribution in [0.4, 0.5) is 13.2 Å². The highest BCUT2D eigenvalue weighted by molar-refractivity contribution is 5.79. The summed E-state index contributed by atoms with van der Waals surface area (Å²) >= 11 is 0. The molecule has 0 bridgehead atoms. The van der Waals surface area contributed by atoms with Crippen LogP contribution < -0.4 is 0 Å². The molecule has 0 heterocycles. The van der Waals surface area contributed by atoms with Gasteiger partial charge in [-0.15, -0.1) is 0 Å². The number of carbonyl (C=O) groups is 1. The van der Waals surface area contributed by atoms with E-state index in [1.54, 1.807) is 20.8 Å². The summed E-state index contributed by atoms with van der Waals surface area (Å²) in [5, 5.41) is 0. The van der Waals surface area contributed by atoms with Crippen LogP contribution in [-0.4, -0.2) is 12.0 Å². The van der Waals surface area contributed by atoms with E-state index in [2.05, 4.69) is 0 Å². The fraction of sp³-hybridized carbons (Fsp3) is 0.875. The molecule has 0 aromatic carbocycles. The van der Waals surface area contributed by atoms with E-state index in [9.17, 15) is 18.0 Å². The van der Waals surface area contributed by atoms with Crippen LogP contribution in [0.15, 0.2) is 0 Å². The first-order valence-electron chi connectivity index (χ1n) is 3.69. The molecule has 0 fully saturated rings. The van der Waals surface area contributed by atoms with Gasteiger partial charge in [-0.25, -0.2) is 0 Å². The second-order valence-electron chi connectivity index (χ2n) is 4.07. The Morgan fingerprint density at radius 1 is 1.08 bits per heavy atom. The van der Waals surface area contributed by atoms with Gasteiger partial charge in [0, 0.05) is 6.42 Å². The zero-order chi connectivity index (χ0) is 9.99. The molecule has 0 atom stereocenters. The Balaban J connectivity index is 3.92. The summed E-state index contributed by atoms with van der Waals surface area (Å²) in [6, 6.07) is 0. The number of hydrogen-bond acceptors (Lipinski definition) is 1. The molecular weight excluding hydrogens is 169 g/mol. The van der Waals surface area contributed by atoms with Gasteiger partial charge in [-0.3, -0.25) is 4.79 Å². The number of halogens is 3. The lowest BCUT2D eigenvalue weighted by Crippen LogP contribution is -2.19. The van der Waals surface area contributed by atoms with Gasteiger partial charge in [-0.05, 0) is 5.41 Å². The molecule has 0 aliphatic rings. The minimum atomic E-state index is -4.36. The second-order valence-corrected chi connectivity index (χ2v) is 4.07. The minimum absolute atomic E-state index is 0.0213. The largest absolute Gasteiger partial charge is 0.395 e. The van der Waals surface area contributed by atoms with Crippen molar-refractivity contribution in [1.29, 1.82) is 0 Å². The molecule has 1 nitrogen and oxygen atoms in total. The van der Waals surface area contributed by atoms with E-state index < -0.39 is 18.4 Å². The third-order valence-electron chi connectivity index (χ3n) is 1.13. The zero-order valence-corrected chi connectivity index (χ0v) is 7.46. The Hall–Kier alpha value is -0.540. The number of hydrogen-bond donors (Lipinski definition) is 0. The van der Waals surface area contributed by atoms with Crippen LogP contribution in [-0.2, 0) is 4.79 Å². The first-order valence-corrected chi connectivity index (χ1v) is 3.69. The first kappa shape index (κ1) is 11.5. The number of ketones is 1. The third-order valence-corrected chi connectivity index (χ3v) is 1.13. The number of Topliss-reactive ketones (excluding diaryl/α,β-unsaturated/α-hetero) is 1. The molecular formula is C8H13F3O. The average molecular weight is 182 g/mol. The smallest absolute Gasteiger partial charge is 0.299 e. The maximum atomic E-state index is 11.7. The molecule has 0 aliphatic heterocycles. The Morgan fingerprint density at radius 2 is 1.50 bits per heavy atom. The van der Waals surface area contributed by atoms with Gasteiger partial charge in [0.25, 0.3) is 0 Å². The monoisotopic (exact) mass is 182 g/mol. The van der Waals surface area contributed by atoms with E-state index in [0.29, 0.717) is 0 Å². The van der Waals surface area contributed by atoms with E-state index in [1.807, 2.05) is 0 Å². The zero-order valence-electron chi connectivity index (χ0n) is 7.46. The van der Waals surface area contributed by atoms with Gasteiger partial charge in [-0.1, -0.05) is 20.8 Å². The molecule has 72 valence electrons. The van der Waals surface area contributed by atoms with Crippen molar-refractivity contribution in [1.82, 2.24) is 0 Å². The van der Waals surface area contributed by atoms with Crippen molar-refractivity contribution in [3.05, 3.63) is 0 Å². The normalized spacial score (nSPS) is 13.2. The quantitative estimate of drug-likeness (QED) is 0.641. The summed E-state index contributed by atoms with van der Waals surface area (Å²) in [4.78, 5) is 10.8. The first-order chi connectivity index (χ1) is 5.10. The van der Waals surface area contributed by atoms with Crippen molar-refractivity contribution in [3.8, 4) is 0 Å². The van der Waals surface area contributed by atoms with Crippen molar-refractivity contribution in [2.45, 2.75) is 39.8 Å². The summed E-state index contributed by atoms with van der Waals surface area (Å²) in [5.41, 5.74) is -0.359. The van der Waals surface area contributed by atoms with Crippen LogP contribution in [0.2, 0.25) is 0 Å². The lowest BCUT2D eigenvalue weighted by atomic mass is 9.89. The molecule has 0 N–H and O–H groups in total. The fourth-order valence-electron chi connectivity index (χ4n) is 0.878. The Bertz CT molecular complexity index is 146. The predicted octanol–water partition coefficient (Wildman–Crippen LogP) is 2.94. The lowest BCUT2D eigenvalue weighted by molar-refractivity contribution is -0.153. The van der Waals surface area contributed by atoms with E-state index in [1.165, 1.54) is 0 Å². The van der Waals surface area contributed by atoms with Crippen LogP contribution in [0.5, 0.6) is 0 Å². The summed E-state index contributed by atoms with van der Waals surface area (Å²) in [5.74, 6) is -0.741. The van der Waals surface area contributed by atoms with Gasteiger partial charge in [0.2, 0.25) is 0 Å². The highest BCUT2D eigenvalue weighted by Crippen LogP contribution is 2.25. The van der Waals surface area contributed by atoms with Crippen LogP contribution in [0.3, 0.4) is 0 Å². The van der Waals surface area contributed by atoms with Crippen LogP contribution in [0.1, 0.15) is 33.6 Å². The van der Waals surface area contributed by atoms with Crippen LogP contribution in [0.25, 0.3) is 0 Å². The average Bonchev–Trinajstić information content (AvgIpc) is 1.49. The van der Waals surface area contributed by atoms with Crippen LogP contribution in [0, 0.1) is 5.41 Å². The predicted molar refractivity (Wildman–Crippen MR) is 39.8 cm³/mol. The number of rotatable bonds is 2. The van der Waals surface area contributed by atoms with Gasteiger partial charge < -0.3 is 0 Å². The van der Waals surface area contributed by atoms with Crippen LogP contribution >= 0.6 is 0 Å². The molecule has 0 saturated carbocycles. The molecule has 0 rings (SSSR count). The molecule has 12 heavy (non-hydrogen) atoms. The molecule has 0 saturated heterocycles. The van der Waals surface area contributed by atoms with E-state index >= 15 is 0 Å². The van der Waals surface area contributed by atoms with Gasteiger partial charge >= 0.3 is 6.18 Å². The number of carbonyl (C=O) groups excluding carboxylic acids is 1. The number of alkyl halides is 3. The van der Waals surface area contributed by atoms with Crippen molar-refractivity contribution in [2.75, 3.05) is 0 Å². The standard InChI is InChI=1S/C8H13F3O/c1-7(2,3)4-6(12)5-8(9,10)11/h4-5H2,1-3H3. The highest BCUT2D eigenvalue weighted by atomic mass is 19.4. The second kappa shape index (κ2) is 3.46. The SMILES string of the molecule is CC(C)(C)CC(=O)CC(F)(F)F. The topological polar surface area (TPSA) is 17.1 Å². The summed E-state index contributed by atoms with van der Waals surface area (Å²) < 4.78 is 35.0. The molecule has 0 aromatic heterocycles. The van der Waals surface area contributed by atoms with Gasteiger partial charge in [0.05, 0.1) is 0 Å². The van der Waals surface area contributed by atoms with Crippen molar-refractivity contribution in [2.24, 2.45) is 5.41 Å². The molecule has 0 amide bonds. The molecule has 0 radical (unpaired) electrons. The molecule has 0 aliphatic carbocycles. The maximum Gasteiger partial charge on any atom is 0.395 e. The third kappa shape index (κ3) is 7.57. The van der Waals surface area contributed by atoms with Crippen molar-refractivity contribution in [3.63, 3.8) is 0 Å². The van der Waals surface area contributed by atoms with Gasteiger partial charge in [0.1, 0.15) is 12.2 Å². The Morgan fingerprint density at radius 3 is 1.75 bits per heavy atom. The summed E-state index contributed by atoms with van der Waals surface area (Å²) in [7, 11) is 0. The van der Waals surface area contributed by atoms with Gasteiger partial charge in [0.15, 0.2) is 0 Å². The Labute approximate surface area is 70.0 Å². The molecule has 4 heteroatoms. The van der Waals surface area contributed by atoms with E-state index in [4.69, 9.17) is 0 Å². The Kier molecular flexibility index (Phi) is 3.30. The van der Waals surface area contributed by atoms with Gasteiger partial charge in [-0.2, -0.15) is 13.2 Å². The molecule has 0 spiro atoms. The molecule has 0 unspecified atom stereocenters. The van der Waals surface area contributed by atoms with E-state index in [0.717, 1.165) is 0 Å². The van der Waals surface area contributed by atoms with Crippen molar-refractivity contribution >= 4 is 5.78 Å². The fourth-order valence-corrected chi connectivity index (χ4v) is 0.878. The van der Waals surface area contributed by atoms with Crippen molar-refractivity contribution < 1.29 is 18.0 Å². The highest BCUT2D eigenvalue weighted by Gasteiger charge is 2.32.